The van der Waals surface area contributed by atoms with E-state index < -0.39 is 18.1 Å². The number of thiophene rings is 1. The monoisotopic (exact) mass is 298 g/mol. The SMILES string of the molecule is CC(C)(C)CC(CC(=O)O)NC(=O)C(N)c1cccs1. The number of carbonyl (C=O) groups excluding carboxylic acids is 1. The average Bonchev–Trinajstić information content (AvgIpc) is 2.77. The summed E-state index contributed by atoms with van der Waals surface area (Å²) in [6, 6.07) is 2.47. The van der Waals surface area contributed by atoms with E-state index in [1.165, 1.54) is 11.3 Å². The minimum absolute atomic E-state index is 0.0690. The maximum Gasteiger partial charge on any atom is 0.305 e. The van der Waals surface area contributed by atoms with Gasteiger partial charge in [-0.05, 0) is 23.3 Å². The van der Waals surface area contributed by atoms with Crippen molar-refractivity contribution in [1.82, 2.24) is 5.32 Å². The van der Waals surface area contributed by atoms with E-state index in [1.807, 2.05) is 32.2 Å². The summed E-state index contributed by atoms with van der Waals surface area (Å²) < 4.78 is 0. The van der Waals surface area contributed by atoms with E-state index in [4.69, 9.17) is 10.8 Å². The molecule has 0 aliphatic heterocycles. The molecule has 1 heterocycles. The molecule has 0 aliphatic rings. The van der Waals surface area contributed by atoms with E-state index in [1.54, 1.807) is 6.07 Å². The van der Waals surface area contributed by atoms with Gasteiger partial charge in [-0.3, -0.25) is 9.59 Å². The zero-order valence-corrected chi connectivity index (χ0v) is 12.9. The standard InChI is InChI=1S/C14H22N2O3S/c1-14(2,3)8-9(7-11(17)18)16-13(19)12(15)10-5-4-6-20-10/h4-6,9,12H,7-8,15H2,1-3H3,(H,16,19)(H,17,18). The maximum atomic E-state index is 12.1. The van der Waals surface area contributed by atoms with E-state index >= 15 is 0 Å². The smallest absolute Gasteiger partial charge is 0.305 e. The molecular weight excluding hydrogens is 276 g/mol. The first kappa shape index (κ1) is 16.7. The molecule has 6 heteroatoms. The molecule has 0 saturated carbocycles. The molecule has 0 spiro atoms. The summed E-state index contributed by atoms with van der Waals surface area (Å²) in [5.74, 6) is -1.26. The number of nitrogens with two attached hydrogens (primary N) is 1. The van der Waals surface area contributed by atoms with Gasteiger partial charge in [0.05, 0.1) is 6.42 Å². The molecule has 0 aromatic carbocycles. The highest BCUT2D eigenvalue weighted by atomic mass is 32.1. The highest BCUT2D eigenvalue weighted by Crippen LogP contribution is 2.23. The van der Waals surface area contributed by atoms with Crippen LogP contribution in [-0.4, -0.2) is 23.0 Å². The molecule has 0 saturated heterocycles. The molecule has 4 N–H and O–H groups in total. The molecule has 0 bridgehead atoms. The van der Waals surface area contributed by atoms with Crippen molar-refractivity contribution in [1.29, 1.82) is 0 Å². The Morgan fingerprint density at radius 3 is 2.55 bits per heavy atom. The van der Waals surface area contributed by atoms with Crippen LogP contribution in [0.15, 0.2) is 17.5 Å². The summed E-state index contributed by atoms with van der Waals surface area (Å²) in [5.41, 5.74) is 5.81. The van der Waals surface area contributed by atoms with Gasteiger partial charge in [0.25, 0.3) is 0 Å². The zero-order chi connectivity index (χ0) is 15.3. The largest absolute Gasteiger partial charge is 0.481 e. The highest BCUT2D eigenvalue weighted by Gasteiger charge is 2.25. The van der Waals surface area contributed by atoms with Crippen molar-refractivity contribution in [3.63, 3.8) is 0 Å². The van der Waals surface area contributed by atoms with Gasteiger partial charge in [0.2, 0.25) is 5.91 Å². The Morgan fingerprint density at radius 1 is 1.45 bits per heavy atom. The fourth-order valence-electron chi connectivity index (χ4n) is 2.01. The van der Waals surface area contributed by atoms with E-state index in [2.05, 4.69) is 5.32 Å². The Kier molecular flexibility index (Phi) is 5.71. The van der Waals surface area contributed by atoms with Crippen molar-refractivity contribution >= 4 is 23.2 Å². The minimum atomic E-state index is -0.927. The number of carboxylic acid groups (broad SMARTS) is 1. The average molecular weight is 298 g/mol. The van der Waals surface area contributed by atoms with Crippen molar-refractivity contribution in [2.45, 2.75) is 45.7 Å². The Labute approximate surface area is 123 Å². The van der Waals surface area contributed by atoms with E-state index in [9.17, 15) is 9.59 Å². The summed E-state index contributed by atoms with van der Waals surface area (Å²) in [7, 11) is 0. The first-order chi connectivity index (χ1) is 9.19. The molecule has 2 unspecified atom stereocenters. The van der Waals surface area contributed by atoms with Crippen LogP contribution < -0.4 is 11.1 Å². The van der Waals surface area contributed by atoms with Crippen LogP contribution in [0.1, 0.15) is 44.5 Å². The van der Waals surface area contributed by atoms with E-state index in [0.29, 0.717) is 6.42 Å². The third-order valence-corrected chi connectivity index (χ3v) is 3.71. The summed E-state index contributed by atoms with van der Waals surface area (Å²) in [6.45, 7) is 6.02. The van der Waals surface area contributed by atoms with Gasteiger partial charge in [0.15, 0.2) is 0 Å². The maximum absolute atomic E-state index is 12.1. The van der Waals surface area contributed by atoms with Crippen molar-refractivity contribution in [3.8, 4) is 0 Å². The van der Waals surface area contributed by atoms with Gasteiger partial charge in [0.1, 0.15) is 6.04 Å². The van der Waals surface area contributed by atoms with Crippen molar-refractivity contribution in [3.05, 3.63) is 22.4 Å². The van der Waals surface area contributed by atoms with Crippen LogP contribution in [0.2, 0.25) is 0 Å². The Bertz CT molecular complexity index is 451. The second kappa shape index (κ2) is 6.85. The topological polar surface area (TPSA) is 92.4 Å². The molecule has 20 heavy (non-hydrogen) atoms. The Balaban J connectivity index is 2.68. The zero-order valence-electron chi connectivity index (χ0n) is 12.1. The molecule has 112 valence electrons. The van der Waals surface area contributed by atoms with Crippen molar-refractivity contribution in [2.24, 2.45) is 11.1 Å². The number of carboxylic acids is 1. The molecule has 0 fully saturated rings. The third kappa shape index (κ3) is 5.71. The molecule has 2 atom stereocenters. The molecule has 0 aliphatic carbocycles. The van der Waals surface area contributed by atoms with Crippen LogP contribution in [0.25, 0.3) is 0 Å². The Morgan fingerprint density at radius 2 is 2.10 bits per heavy atom. The lowest BCUT2D eigenvalue weighted by Crippen LogP contribution is -2.43. The number of nitrogens with one attached hydrogen (secondary N) is 1. The molecule has 1 aromatic heterocycles. The summed E-state index contributed by atoms with van der Waals surface area (Å²) in [6.07, 6.45) is 0.488. The minimum Gasteiger partial charge on any atom is -0.481 e. The fourth-order valence-corrected chi connectivity index (χ4v) is 2.74. The lowest BCUT2D eigenvalue weighted by Gasteiger charge is -2.26. The summed E-state index contributed by atoms with van der Waals surface area (Å²) in [5, 5.41) is 13.5. The first-order valence-corrected chi connectivity index (χ1v) is 7.38. The van der Waals surface area contributed by atoms with E-state index in [-0.39, 0.29) is 17.7 Å². The predicted molar refractivity (Wildman–Crippen MR) is 79.5 cm³/mol. The van der Waals surface area contributed by atoms with Gasteiger partial charge in [-0.1, -0.05) is 26.8 Å². The van der Waals surface area contributed by atoms with Crippen LogP contribution in [0.5, 0.6) is 0 Å². The predicted octanol–water partition coefficient (Wildman–Crippen LogP) is 2.14. The summed E-state index contributed by atoms with van der Waals surface area (Å²) >= 11 is 1.41. The normalized spacial score (nSPS) is 14.6. The highest BCUT2D eigenvalue weighted by molar-refractivity contribution is 7.10. The second-order valence-electron chi connectivity index (χ2n) is 6.06. The van der Waals surface area contributed by atoms with Crippen LogP contribution in [-0.2, 0) is 9.59 Å². The van der Waals surface area contributed by atoms with E-state index in [0.717, 1.165) is 4.88 Å². The molecule has 5 nitrogen and oxygen atoms in total. The lowest BCUT2D eigenvalue weighted by molar-refractivity contribution is -0.138. The molecule has 1 rings (SSSR count). The molecular formula is C14H22N2O3S. The van der Waals surface area contributed by atoms with Crippen LogP contribution in [0.4, 0.5) is 0 Å². The number of aliphatic carboxylic acids is 1. The number of hydrogen-bond donors (Lipinski definition) is 3. The second-order valence-corrected chi connectivity index (χ2v) is 7.04. The molecule has 1 amide bonds. The number of carbonyl (C=O) groups is 2. The van der Waals surface area contributed by atoms with Crippen LogP contribution in [0.3, 0.4) is 0 Å². The number of amides is 1. The molecule has 1 aromatic rings. The Hall–Kier alpha value is -1.40. The number of rotatable bonds is 6. The quantitative estimate of drug-likeness (QED) is 0.750. The van der Waals surface area contributed by atoms with Gasteiger partial charge in [-0.15, -0.1) is 11.3 Å². The van der Waals surface area contributed by atoms with Gasteiger partial charge < -0.3 is 16.2 Å². The number of hydrogen-bond acceptors (Lipinski definition) is 4. The van der Waals surface area contributed by atoms with Gasteiger partial charge in [0, 0.05) is 10.9 Å². The third-order valence-electron chi connectivity index (χ3n) is 2.76. The van der Waals surface area contributed by atoms with Gasteiger partial charge >= 0.3 is 5.97 Å². The fraction of sp³-hybridized carbons (Fsp3) is 0.571. The van der Waals surface area contributed by atoms with Gasteiger partial charge in [-0.25, -0.2) is 0 Å². The first-order valence-electron chi connectivity index (χ1n) is 6.50. The van der Waals surface area contributed by atoms with Gasteiger partial charge in [-0.2, -0.15) is 0 Å². The van der Waals surface area contributed by atoms with Crippen molar-refractivity contribution < 1.29 is 14.7 Å². The van der Waals surface area contributed by atoms with Crippen molar-refractivity contribution in [2.75, 3.05) is 0 Å². The van der Waals surface area contributed by atoms with Crippen LogP contribution in [0, 0.1) is 5.41 Å². The molecule has 0 radical (unpaired) electrons. The summed E-state index contributed by atoms with van der Waals surface area (Å²) in [4.78, 5) is 23.8. The van der Waals surface area contributed by atoms with Crippen LogP contribution >= 0.6 is 11.3 Å². The lowest BCUT2D eigenvalue weighted by atomic mass is 9.87.